The first-order valence-corrected chi connectivity index (χ1v) is 12.9. The van der Waals surface area contributed by atoms with Crippen molar-refractivity contribution in [2.45, 2.75) is 32.4 Å². The predicted molar refractivity (Wildman–Crippen MR) is 152 cm³/mol. The summed E-state index contributed by atoms with van der Waals surface area (Å²) in [7, 11) is 0. The number of hydrogen-bond acceptors (Lipinski definition) is 8. The summed E-state index contributed by atoms with van der Waals surface area (Å²) in [5.74, 6) is -6.20. The lowest BCUT2D eigenvalue weighted by Gasteiger charge is -2.32. The molecule has 2 aromatic rings. The summed E-state index contributed by atoms with van der Waals surface area (Å²) in [5.41, 5.74) is 1.36. The highest BCUT2D eigenvalue weighted by Gasteiger charge is 2.30. The molecule has 0 heterocycles. The zero-order valence-electron chi connectivity index (χ0n) is 22.4. The number of aliphatic carboxylic acids is 5. The summed E-state index contributed by atoms with van der Waals surface area (Å²) in [6.07, 6.45) is 0.0447. The molecule has 13 heteroatoms. The van der Waals surface area contributed by atoms with Crippen LogP contribution < -0.4 is 0 Å². The van der Waals surface area contributed by atoms with E-state index in [9.17, 15) is 49.5 Å². The molecule has 0 fully saturated rings. The zero-order chi connectivity index (χ0) is 30.4. The van der Waals surface area contributed by atoms with Crippen molar-refractivity contribution >= 4 is 29.8 Å². The molecule has 2 atom stereocenters. The standard InChI is InChI=1S/C28H35N3O10.CH4/c32-24(33)17-29(11-13-30(18-25(34)35)22(27(38)39)15-20-7-3-1-4-8-20)12-14-31(19-26(36)37)23(28(40)41)16-21-9-5-2-6-10-21;/h1-10,22-23H,11-19H2,(H,32,33)(H,34,35)(H,36,37)(H,38,39)(H,40,41);1H4/t22-,23-;/m0./s1. The van der Waals surface area contributed by atoms with Crippen molar-refractivity contribution in [2.24, 2.45) is 0 Å². The molecule has 42 heavy (non-hydrogen) atoms. The maximum absolute atomic E-state index is 12.1. The van der Waals surface area contributed by atoms with Crippen LogP contribution in [0.15, 0.2) is 60.7 Å². The van der Waals surface area contributed by atoms with Gasteiger partial charge in [0.2, 0.25) is 0 Å². The predicted octanol–water partition coefficient (Wildman–Crippen LogP) is 1.17. The maximum Gasteiger partial charge on any atom is 0.321 e. The molecule has 0 aliphatic heterocycles. The van der Waals surface area contributed by atoms with Gasteiger partial charge in [0.05, 0.1) is 19.6 Å². The van der Waals surface area contributed by atoms with Crippen molar-refractivity contribution < 1.29 is 49.5 Å². The van der Waals surface area contributed by atoms with Gasteiger partial charge in [0, 0.05) is 26.2 Å². The summed E-state index contributed by atoms with van der Waals surface area (Å²) >= 11 is 0. The molecule has 2 aromatic carbocycles. The SMILES string of the molecule is C.O=C(O)CN(CCN(CC(=O)O)[C@@H](Cc1ccccc1)C(=O)O)CCN(CC(=O)O)[C@@H](Cc1ccccc1)C(=O)O. The smallest absolute Gasteiger partial charge is 0.321 e. The quantitative estimate of drug-likeness (QED) is 0.148. The number of carbonyl (C=O) groups is 5. The third-order valence-corrected chi connectivity index (χ3v) is 6.44. The molecule has 13 nitrogen and oxygen atoms in total. The lowest BCUT2D eigenvalue weighted by atomic mass is 10.0. The van der Waals surface area contributed by atoms with Crippen LogP contribution in [0, 0.1) is 0 Å². The van der Waals surface area contributed by atoms with Gasteiger partial charge in [-0.25, -0.2) is 0 Å². The van der Waals surface area contributed by atoms with E-state index in [1.54, 1.807) is 60.7 Å². The van der Waals surface area contributed by atoms with Gasteiger partial charge in [-0.05, 0) is 24.0 Å². The van der Waals surface area contributed by atoms with Crippen molar-refractivity contribution in [3.05, 3.63) is 71.8 Å². The van der Waals surface area contributed by atoms with Crippen LogP contribution in [0.4, 0.5) is 0 Å². The van der Waals surface area contributed by atoms with Crippen LogP contribution in [0.2, 0.25) is 0 Å². The number of nitrogens with zero attached hydrogens (tertiary/aromatic N) is 3. The van der Waals surface area contributed by atoms with Crippen LogP contribution in [0.5, 0.6) is 0 Å². The Morgan fingerprint density at radius 3 is 1.14 bits per heavy atom. The molecule has 0 spiro atoms. The van der Waals surface area contributed by atoms with Crippen molar-refractivity contribution in [3.63, 3.8) is 0 Å². The third-order valence-electron chi connectivity index (χ3n) is 6.44. The summed E-state index contributed by atoms with van der Waals surface area (Å²) in [6, 6.07) is 14.9. The molecule has 0 amide bonds. The Kier molecular flexibility index (Phi) is 15.4. The Morgan fingerprint density at radius 2 is 0.857 bits per heavy atom. The van der Waals surface area contributed by atoms with E-state index < -0.39 is 61.6 Å². The fraction of sp³-hybridized carbons (Fsp3) is 0.414. The Bertz CT molecular complexity index is 1080. The summed E-state index contributed by atoms with van der Waals surface area (Å²) in [6.45, 7) is -2.06. The van der Waals surface area contributed by atoms with E-state index in [4.69, 9.17) is 0 Å². The molecule has 0 saturated heterocycles. The second-order valence-electron chi connectivity index (χ2n) is 9.49. The molecular weight excluding hydrogens is 550 g/mol. The Labute approximate surface area is 244 Å². The van der Waals surface area contributed by atoms with E-state index >= 15 is 0 Å². The van der Waals surface area contributed by atoms with Gasteiger partial charge in [-0.2, -0.15) is 0 Å². The number of benzene rings is 2. The summed E-state index contributed by atoms with van der Waals surface area (Å²) in [5, 5.41) is 48.0. The van der Waals surface area contributed by atoms with E-state index in [1.807, 2.05) is 0 Å². The molecule has 0 unspecified atom stereocenters. The average molecular weight is 590 g/mol. The Hall–Kier alpha value is -4.33. The van der Waals surface area contributed by atoms with Crippen LogP contribution in [-0.4, -0.2) is 128 Å². The minimum absolute atomic E-state index is 0. The van der Waals surface area contributed by atoms with Crippen LogP contribution >= 0.6 is 0 Å². The first-order valence-electron chi connectivity index (χ1n) is 12.9. The first kappa shape index (κ1) is 35.7. The van der Waals surface area contributed by atoms with Crippen molar-refractivity contribution in [2.75, 3.05) is 45.8 Å². The Morgan fingerprint density at radius 1 is 0.524 bits per heavy atom. The molecule has 2 rings (SSSR count). The van der Waals surface area contributed by atoms with Gasteiger partial charge in [-0.3, -0.25) is 38.7 Å². The topological polar surface area (TPSA) is 196 Å². The molecule has 0 aromatic heterocycles. The van der Waals surface area contributed by atoms with Gasteiger partial charge in [0.1, 0.15) is 12.1 Å². The number of carboxylic acid groups (broad SMARTS) is 5. The molecule has 5 N–H and O–H groups in total. The summed E-state index contributed by atoms with van der Waals surface area (Å²) in [4.78, 5) is 62.7. The van der Waals surface area contributed by atoms with Gasteiger partial charge in [0.15, 0.2) is 0 Å². The highest BCUT2D eigenvalue weighted by molar-refractivity contribution is 5.76. The van der Waals surface area contributed by atoms with Crippen LogP contribution in [-0.2, 0) is 36.8 Å². The largest absolute Gasteiger partial charge is 0.480 e. The molecule has 0 aliphatic rings. The lowest BCUT2D eigenvalue weighted by Crippen LogP contribution is -2.51. The Balaban J connectivity index is 0.00000882. The first-order chi connectivity index (χ1) is 19.5. The fourth-order valence-electron chi connectivity index (χ4n) is 4.46. The van der Waals surface area contributed by atoms with Gasteiger partial charge in [-0.1, -0.05) is 68.1 Å². The van der Waals surface area contributed by atoms with Gasteiger partial charge in [-0.15, -0.1) is 0 Å². The molecular formula is C29H39N3O10. The number of hydrogen-bond donors (Lipinski definition) is 5. The minimum atomic E-state index is -1.26. The zero-order valence-corrected chi connectivity index (χ0v) is 22.4. The molecule has 0 radical (unpaired) electrons. The van der Waals surface area contributed by atoms with E-state index in [0.717, 1.165) is 0 Å². The van der Waals surface area contributed by atoms with Crippen LogP contribution in [0.3, 0.4) is 0 Å². The number of carboxylic acids is 5. The van der Waals surface area contributed by atoms with Gasteiger partial charge in [0.25, 0.3) is 0 Å². The van der Waals surface area contributed by atoms with E-state index in [1.165, 1.54) is 14.7 Å². The molecule has 0 aliphatic carbocycles. The van der Waals surface area contributed by atoms with Crippen molar-refractivity contribution in [3.8, 4) is 0 Å². The maximum atomic E-state index is 12.1. The van der Waals surface area contributed by atoms with Crippen LogP contribution in [0.1, 0.15) is 18.6 Å². The molecule has 0 saturated carbocycles. The van der Waals surface area contributed by atoms with Crippen molar-refractivity contribution in [1.29, 1.82) is 0 Å². The minimum Gasteiger partial charge on any atom is -0.480 e. The van der Waals surface area contributed by atoms with Crippen molar-refractivity contribution in [1.82, 2.24) is 14.7 Å². The van der Waals surface area contributed by atoms with E-state index in [0.29, 0.717) is 11.1 Å². The number of rotatable bonds is 20. The van der Waals surface area contributed by atoms with E-state index in [-0.39, 0.29) is 46.4 Å². The highest BCUT2D eigenvalue weighted by atomic mass is 16.4. The molecule has 230 valence electrons. The lowest BCUT2D eigenvalue weighted by molar-refractivity contribution is -0.147. The van der Waals surface area contributed by atoms with Gasteiger partial charge >= 0.3 is 29.8 Å². The highest BCUT2D eigenvalue weighted by Crippen LogP contribution is 2.12. The third kappa shape index (κ3) is 12.9. The molecule has 0 bridgehead atoms. The van der Waals surface area contributed by atoms with Crippen LogP contribution in [0.25, 0.3) is 0 Å². The normalized spacial score (nSPS) is 12.5. The second kappa shape index (κ2) is 18.2. The summed E-state index contributed by atoms with van der Waals surface area (Å²) < 4.78 is 0. The fourth-order valence-corrected chi connectivity index (χ4v) is 4.46. The van der Waals surface area contributed by atoms with E-state index in [2.05, 4.69) is 0 Å². The monoisotopic (exact) mass is 589 g/mol. The second-order valence-corrected chi connectivity index (χ2v) is 9.49. The average Bonchev–Trinajstić information content (AvgIpc) is 2.90. The van der Waals surface area contributed by atoms with Gasteiger partial charge < -0.3 is 25.5 Å².